The highest BCUT2D eigenvalue weighted by atomic mass is 16.2. The first-order chi connectivity index (χ1) is 9.44. The summed E-state index contributed by atoms with van der Waals surface area (Å²) in [6, 6.07) is 0.405. The van der Waals surface area contributed by atoms with Gasteiger partial charge in [0.1, 0.15) is 5.54 Å². The highest BCUT2D eigenvalue weighted by Crippen LogP contribution is 2.27. The topological polar surface area (TPSA) is 78.7 Å². The molecule has 0 aromatic carbocycles. The number of amides is 3. The van der Waals surface area contributed by atoms with Gasteiger partial charge in [-0.25, -0.2) is 4.79 Å². The van der Waals surface area contributed by atoms with Gasteiger partial charge in [-0.15, -0.1) is 0 Å². The summed E-state index contributed by atoms with van der Waals surface area (Å²) in [6.07, 6.45) is 5.90. The van der Waals surface area contributed by atoms with Gasteiger partial charge < -0.3 is 20.9 Å². The Hall–Kier alpha value is -1.30. The van der Waals surface area contributed by atoms with Gasteiger partial charge in [-0.1, -0.05) is 12.8 Å². The van der Waals surface area contributed by atoms with Crippen LogP contribution >= 0.6 is 0 Å². The molecule has 0 bridgehead atoms. The Bertz CT molecular complexity index is 369. The first-order valence-corrected chi connectivity index (χ1v) is 7.48. The van der Waals surface area contributed by atoms with E-state index in [9.17, 15) is 9.59 Å². The third-order valence-electron chi connectivity index (χ3n) is 4.58. The number of primary amides is 1. The number of rotatable bonds is 3. The molecule has 6 heteroatoms. The fraction of sp³-hybridized carbons (Fsp3) is 0.857. The average molecular weight is 282 g/mol. The van der Waals surface area contributed by atoms with E-state index in [1.54, 1.807) is 23.9 Å². The number of urea groups is 1. The zero-order chi connectivity index (χ0) is 14.8. The number of hydrogen-bond acceptors (Lipinski definition) is 3. The molecule has 0 atom stereocenters. The summed E-state index contributed by atoms with van der Waals surface area (Å²) in [4.78, 5) is 27.2. The fourth-order valence-corrected chi connectivity index (χ4v) is 3.29. The molecule has 0 aromatic rings. The predicted molar refractivity (Wildman–Crippen MR) is 77.2 cm³/mol. The molecular weight excluding hydrogens is 256 g/mol. The van der Waals surface area contributed by atoms with Crippen LogP contribution in [-0.2, 0) is 4.79 Å². The van der Waals surface area contributed by atoms with Crippen molar-refractivity contribution in [3.63, 3.8) is 0 Å². The van der Waals surface area contributed by atoms with Crippen molar-refractivity contribution in [3.05, 3.63) is 0 Å². The van der Waals surface area contributed by atoms with E-state index in [4.69, 9.17) is 5.73 Å². The molecule has 0 unspecified atom stereocenters. The normalized spacial score (nSPS) is 22.8. The van der Waals surface area contributed by atoms with E-state index >= 15 is 0 Å². The molecule has 3 amide bonds. The third-order valence-corrected chi connectivity index (χ3v) is 4.58. The van der Waals surface area contributed by atoms with Crippen LogP contribution in [0.1, 0.15) is 38.5 Å². The SMILES string of the molecule is CN(C)C(=O)N1CCC(NC2CCCC2)(C(N)=O)CC1. The summed E-state index contributed by atoms with van der Waals surface area (Å²) in [5.41, 5.74) is 5.02. The summed E-state index contributed by atoms with van der Waals surface area (Å²) < 4.78 is 0. The molecule has 114 valence electrons. The molecular formula is C14H26N4O2. The predicted octanol–water partition coefficient (Wildman–Crippen LogP) is 0.520. The van der Waals surface area contributed by atoms with Gasteiger partial charge in [-0.05, 0) is 25.7 Å². The lowest BCUT2D eigenvalue weighted by molar-refractivity contribution is -0.126. The molecule has 0 aromatic heterocycles. The van der Waals surface area contributed by atoms with Crippen LogP contribution in [0.3, 0.4) is 0 Å². The number of carbonyl (C=O) groups excluding carboxylic acids is 2. The Kier molecular flexibility index (Phi) is 4.52. The van der Waals surface area contributed by atoms with Crippen molar-refractivity contribution >= 4 is 11.9 Å². The van der Waals surface area contributed by atoms with Crippen molar-refractivity contribution < 1.29 is 9.59 Å². The zero-order valence-corrected chi connectivity index (χ0v) is 12.5. The van der Waals surface area contributed by atoms with Crippen molar-refractivity contribution in [3.8, 4) is 0 Å². The molecule has 0 spiro atoms. The maximum absolute atomic E-state index is 11.9. The second kappa shape index (κ2) is 5.99. The fourth-order valence-electron chi connectivity index (χ4n) is 3.29. The van der Waals surface area contributed by atoms with Gasteiger partial charge >= 0.3 is 6.03 Å². The molecule has 1 aliphatic carbocycles. The maximum atomic E-state index is 11.9. The smallest absolute Gasteiger partial charge is 0.319 e. The molecule has 1 saturated heterocycles. The monoisotopic (exact) mass is 282 g/mol. The summed E-state index contributed by atoms with van der Waals surface area (Å²) in [5, 5.41) is 3.49. The van der Waals surface area contributed by atoms with Crippen molar-refractivity contribution in [2.24, 2.45) is 5.73 Å². The molecule has 1 aliphatic heterocycles. The van der Waals surface area contributed by atoms with E-state index in [2.05, 4.69) is 5.32 Å². The minimum absolute atomic E-state index is 0.00365. The number of piperidine rings is 1. The largest absolute Gasteiger partial charge is 0.368 e. The molecule has 3 N–H and O–H groups in total. The van der Waals surface area contributed by atoms with Gasteiger partial charge in [0.25, 0.3) is 0 Å². The van der Waals surface area contributed by atoms with Crippen molar-refractivity contribution in [2.75, 3.05) is 27.2 Å². The number of carbonyl (C=O) groups is 2. The summed E-state index contributed by atoms with van der Waals surface area (Å²) in [6.45, 7) is 1.17. The van der Waals surface area contributed by atoms with Gasteiger partial charge in [-0.2, -0.15) is 0 Å². The quantitative estimate of drug-likeness (QED) is 0.792. The van der Waals surface area contributed by atoms with Gasteiger partial charge in [-0.3, -0.25) is 4.79 Å². The minimum Gasteiger partial charge on any atom is -0.368 e. The number of likely N-dealkylation sites (tertiary alicyclic amines) is 1. The third kappa shape index (κ3) is 3.06. The van der Waals surface area contributed by atoms with Crippen LogP contribution in [0.15, 0.2) is 0 Å². The van der Waals surface area contributed by atoms with Crippen molar-refractivity contribution in [1.82, 2.24) is 15.1 Å². The number of hydrogen-bond donors (Lipinski definition) is 2. The van der Waals surface area contributed by atoms with Gasteiger partial charge in [0.05, 0.1) is 0 Å². The van der Waals surface area contributed by atoms with Crippen LogP contribution in [0.4, 0.5) is 4.79 Å². The Morgan fingerprint density at radius 1 is 1.20 bits per heavy atom. The van der Waals surface area contributed by atoms with E-state index in [1.807, 2.05) is 0 Å². The standard InChI is InChI=1S/C14H26N4O2/c1-17(2)13(20)18-9-7-14(8-10-18,12(15)19)16-11-5-3-4-6-11/h11,16H,3-10H2,1-2H3,(H2,15,19). The molecule has 1 heterocycles. The Labute approximate surface area is 120 Å². The number of nitrogens with two attached hydrogens (primary N) is 1. The highest BCUT2D eigenvalue weighted by Gasteiger charge is 2.42. The van der Waals surface area contributed by atoms with E-state index in [-0.39, 0.29) is 11.9 Å². The first-order valence-electron chi connectivity index (χ1n) is 7.48. The molecule has 1 saturated carbocycles. The molecule has 2 fully saturated rings. The number of nitrogens with zero attached hydrogens (tertiary/aromatic N) is 2. The summed E-state index contributed by atoms with van der Waals surface area (Å²) in [5.74, 6) is -0.277. The van der Waals surface area contributed by atoms with E-state index < -0.39 is 5.54 Å². The van der Waals surface area contributed by atoms with Gasteiger partial charge in [0.15, 0.2) is 0 Å². The van der Waals surface area contributed by atoms with E-state index in [0.29, 0.717) is 32.0 Å². The number of nitrogens with one attached hydrogen (secondary N) is 1. The van der Waals surface area contributed by atoms with Crippen LogP contribution in [-0.4, -0.2) is 60.5 Å². The van der Waals surface area contributed by atoms with Crippen LogP contribution < -0.4 is 11.1 Å². The summed E-state index contributed by atoms with van der Waals surface area (Å²) >= 11 is 0. The molecule has 2 rings (SSSR count). The average Bonchev–Trinajstić information content (AvgIpc) is 2.91. The lowest BCUT2D eigenvalue weighted by atomic mass is 9.85. The van der Waals surface area contributed by atoms with E-state index in [1.165, 1.54) is 12.8 Å². The van der Waals surface area contributed by atoms with Crippen LogP contribution in [0.2, 0.25) is 0 Å². The summed E-state index contributed by atoms with van der Waals surface area (Å²) in [7, 11) is 3.49. The van der Waals surface area contributed by atoms with Gasteiger partial charge in [0, 0.05) is 33.2 Å². The van der Waals surface area contributed by atoms with Crippen LogP contribution in [0, 0.1) is 0 Å². The lowest BCUT2D eigenvalue weighted by Gasteiger charge is -2.42. The molecule has 20 heavy (non-hydrogen) atoms. The van der Waals surface area contributed by atoms with Crippen LogP contribution in [0.5, 0.6) is 0 Å². The highest BCUT2D eigenvalue weighted by molar-refractivity contribution is 5.85. The molecule has 0 radical (unpaired) electrons. The zero-order valence-electron chi connectivity index (χ0n) is 12.5. The first kappa shape index (κ1) is 15.1. The Morgan fingerprint density at radius 2 is 1.75 bits per heavy atom. The molecule has 2 aliphatic rings. The van der Waals surface area contributed by atoms with Crippen LogP contribution in [0.25, 0.3) is 0 Å². The minimum atomic E-state index is -0.627. The second-order valence-electron chi connectivity index (χ2n) is 6.24. The second-order valence-corrected chi connectivity index (χ2v) is 6.24. The van der Waals surface area contributed by atoms with Gasteiger partial charge in [0.2, 0.25) is 5.91 Å². The van der Waals surface area contributed by atoms with Crippen molar-refractivity contribution in [2.45, 2.75) is 50.1 Å². The van der Waals surface area contributed by atoms with E-state index in [0.717, 1.165) is 12.8 Å². The Morgan fingerprint density at radius 3 is 2.20 bits per heavy atom. The maximum Gasteiger partial charge on any atom is 0.319 e. The molecule has 6 nitrogen and oxygen atoms in total. The Balaban J connectivity index is 1.98. The lowest BCUT2D eigenvalue weighted by Crippen LogP contribution is -2.63. The van der Waals surface area contributed by atoms with Crippen molar-refractivity contribution in [1.29, 1.82) is 0 Å².